The summed E-state index contributed by atoms with van der Waals surface area (Å²) < 4.78 is 0. The molecule has 1 aliphatic rings. The monoisotopic (exact) mass is 270 g/mol. The second-order valence-corrected chi connectivity index (χ2v) is 5.89. The first-order chi connectivity index (χ1) is 8.46. The molecule has 0 radical (unpaired) electrons. The predicted octanol–water partition coefficient (Wildman–Crippen LogP) is 2.92. The van der Waals surface area contributed by atoms with Gasteiger partial charge in [0.2, 0.25) is 5.91 Å². The number of amides is 1. The lowest BCUT2D eigenvalue weighted by Crippen LogP contribution is -2.58. The summed E-state index contributed by atoms with van der Waals surface area (Å²) in [4.78, 5) is 13.0. The number of nitrogens with two attached hydrogens (primary N) is 1. The molecule has 1 aliphatic carbocycles. The summed E-state index contributed by atoms with van der Waals surface area (Å²) in [5, 5.41) is 3.16. The van der Waals surface area contributed by atoms with Gasteiger partial charge >= 0.3 is 0 Å². The molecule has 0 bridgehead atoms. The van der Waals surface area contributed by atoms with Crippen LogP contribution in [0.15, 0.2) is 0 Å². The molecule has 0 aromatic heterocycles. The first-order valence-electron chi connectivity index (χ1n) is 7.09. The van der Waals surface area contributed by atoms with Crippen molar-refractivity contribution in [2.24, 2.45) is 11.1 Å². The molecule has 0 aromatic rings. The third-order valence-corrected chi connectivity index (χ3v) is 5.14. The molecule has 18 heavy (non-hydrogen) atoms. The number of hydrogen-bond donors (Lipinski definition) is 2. The van der Waals surface area contributed by atoms with Crippen molar-refractivity contribution in [1.29, 1.82) is 0 Å². The van der Waals surface area contributed by atoms with E-state index in [0.29, 0.717) is 4.99 Å². The number of rotatable bonds is 6. The molecule has 1 amide bonds. The Labute approximate surface area is 116 Å². The van der Waals surface area contributed by atoms with Gasteiger partial charge in [0, 0.05) is 5.41 Å². The van der Waals surface area contributed by atoms with Gasteiger partial charge in [0.15, 0.2) is 0 Å². The molecule has 0 atom stereocenters. The van der Waals surface area contributed by atoms with Crippen molar-refractivity contribution in [2.45, 2.75) is 71.3 Å². The van der Waals surface area contributed by atoms with Crippen molar-refractivity contribution >= 4 is 23.1 Å². The zero-order valence-electron chi connectivity index (χ0n) is 11.8. The standard InChI is InChI=1S/C14H26N2OS/c1-4-13(9-7-8-10-13)12(17)16-14(5-2,6-3)11(15)18/h4-10H2,1-3H3,(H2,15,18)(H,16,17). The van der Waals surface area contributed by atoms with Gasteiger partial charge in [-0.1, -0.05) is 45.8 Å². The van der Waals surface area contributed by atoms with Crippen molar-refractivity contribution in [2.75, 3.05) is 0 Å². The second kappa shape index (κ2) is 6.00. The zero-order chi connectivity index (χ0) is 13.8. The van der Waals surface area contributed by atoms with Gasteiger partial charge in [-0.25, -0.2) is 0 Å². The van der Waals surface area contributed by atoms with Gasteiger partial charge in [-0.05, 0) is 32.1 Å². The fraction of sp³-hybridized carbons (Fsp3) is 0.857. The maximum atomic E-state index is 12.6. The Balaban J connectivity index is 2.87. The fourth-order valence-corrected chi connectivity index (χ4v) is 3.32. The van der Waals surface area contributed by atoms with Crippen LogP contribution in [-0.2, 0) is 4.79 Å². The number of hydrogen-bond acceptors (Lipinski definition) is 2. The van der Waals surface area contributed by atoms with Crippen molar-refractivity contribution < 1.29 is 4.79 Å². The fourth-order valence-electron chi connectivity index (χ4n) is 2.98. The molecule has 0 aliphatic heterocycles. The maximum Gasteiger partial charge on any atom is 0.226 e. The third-order valence-electron chi connectivity index (χ3n) is 4.75. The molecule has 1 rings (SSSR count). The lowest BCUT2D eigenvalue weighted by molar-refractivity contribution is -0.132. The van der Waals surface area contributed by atoms with Crippen LogP contribution in [0.25, 0.3) is 0 Å². The van der Waals surface area contributed by atoms with Gasteiger partial charge in [-0.15, -0.1) is 0 Å². The van der Waals surface area contributed by atoms with E-state index in [1.165, 1.54) is 0 Å². The van der Waals surface area contributed by atoms with Gasteiger partial charge < -0.3 is 11.1 Å². The van der Waals surface area contributed by atoms with E-state index in [0.717, 1.165) is 44.9 Å². The van der Waals surface area contributed by atoms with Crippen LogP contribution >= 0.6 is 12.2 Å². The average molecular weight is 270 g/mol. The Hall–Kier alpha value is -0.640. The lowest BCUT2D eigenvalue weighted by Gasteiger charge is -2.36. The number of thiocarbonyl (C=S) groups is 1. The molecule has 3 nitrogen and oxygen atoms in total. The summed E-state index contributed by atoms with van der Waals surface area (Å²) in [6.07, 6.45) is 6.71. The Morgan fingerprint density at radius 2 is 1.78 bits per heavy atom. The van der Waals surface area contributed by atoms with Gasteiger partial charge in [0.05, 0.1) is 10.5 Å². The molecule has 3 N–H and O–H groups in total. The number of nitrogens with one attached hydrogen (secondary N) is 1. The van der Waals surface area contributed by atoms with E-state index in [1.807, 2.05) is 13.8 Å². The summed E-state index contributed by atoms with van der Waals surface area (Å²) in [5.74, 6) is 0.152. The quantitative estimate of drug-likeness (QED) is 0.730. The second-order valence-electron chi connectivity index (χ2n) is 5.45. The molecular weight excluding hydrogens is 244 g/mol. The average Bonchev–Trinajstić information content (AvgIpc) is 2.85. The normalized spacial score (nSPS) is 18.6. The Morgan fingerprint density at radius 1 is 1.28 bits per heavy atom. The van der Waals surface area contributed by atoms with E-state index in [2.05, 4.69) is 12.2 Å². The third kappa shape index (κ3) is 2.68. The minimum Gasteiger partial charge on any atom is -0.391 e. The van der Waals surface area contributed by atoms with Crippen LogP contribution in [0.1, 0.15) is 65.7 Å². The molecule has 1 saturated carbocycles. The van der Waals surface area contributed by atoms with E-state index in [1.54, 1.807) is 0 Å². The highest BCUT2D eigenvalue weighted by Gasteiger charge is 2.43. The molecule has 104 valence electrons. The van der Waals surface area contributed by atoms with Crippen molar-refractivity contribution in [3.63, 3.8) is 0 Å². The van der Waals surface area contributed by atoms with Gasteiger partial charge in [-0.2, -0.15) is 0 Å². The van der Waals surface area contributed by atoms with Gasteiger partial charge in [0.1, 0.15) is 0 Å². The summed E-state index contributed by atoms with van der Waals surface area (Å²) in [6.45, 7) is 6.15. The van der Waals surface area contributed by atoms with E-state index < -0.39 is 5.54 Å². The molecule has 1 fully saturated rings. The summed E-state index contributed by atoms with van der Waals surface area (Å²) >= 11 is 5.16. The first-order valence-corrected chi connectivity index (χ1v) is 7.49. The minimum absolute atomic E-state index is 0.152. The molecule has 0 unspecified atom stereocenters. The minimum atomic E-state index is -0.503. The van der Waals surface area contributed by atoms with E-state index >= 15 is 0 Å². The molecular formula is C14H26N2OS. The lowest BCUT2D eigenvalue weighted by atomic mass is 9.80. The van der Waals surface area contributed by atoms with Crippen LogP contribution in [0.3, 0.4) is 0 Å². The molecule has 0 heterocycles. The zero-order valence-corrected chi connectivity index (χ0v) is 12.7. The van der Waals surface area contributed by atoms with Crippen LogP contribution in [-0.4, -0.2) is 16.4 Å². The topological polar surface area (TPSA) is 55.1 Å². The van der Waals surface area contributed by atoms with E-state index in [4.69, 9.17) is 18.0 Å². The molecule has 0 aromatic carbocycles. The van der Waals surface area contributed by atoms with Crippen molar-refractivity contribution in [3.8, 4) is 0 Å². The van der Waals surface area contributed by atoms with Crippen molar-refractivity contribution in [3.05, 3.63) is 0 Å². The first kappa shape index (κ1) is 15.4. The maximum absolute atomic E-state index is 12.6. The summed E-state index contributed by atoms with van der Waals surface area (Å²) in [6, 6.07) is 0. The van der Waals surface area contributed by atoms with Crippen molar-refractivity contribution in [1.82, 2.24) is 5.32 Å². The van der Waals surface area contributed by atoms with Crippen LogP contribution in [0, 0.1) is 5.41 Å². The molecule has 0 saturated heterocycles. The highest BCUT2D eigenvalue weighted by atomic mass is 32.1. The molecule has 4 heteroatoms. The Kier molecular flexibility index (Phi) is 5.14. The van der Waals surface area contributed by atoms with E-state index in [9.17, 15) is 4.79 Å². The SMILES string of the molecule is CCC1(C(=O)NC(CC)(CC)C(N)=S)CCCC1. The van der Waals surface area contributed by atoms with Gasteiger partial charge in [0.25, 0.3) is 0 Å². The highest BCUT2D eigenvalue weighted by Crippen LogP contribution is 2.41. The molecule has 0 spiro atoms. The highest BCUT2D eigenvalue weighted by molar-refractivity contribution is 7.80. The Morgan fingerprint density at radius 3 is 2.11 bits per heavy atom. The number of carbonyl (C=O) groups excluding carboxylic acids is 1. The van der Waals surface area contributed by atoms with E-state index in [-0.39, 0.29) is 11.3 Å². The van der Waals surface area contributed by atoms with Crippen LogP contribution in [0.5, 0.6) is 0 Å². The summed E-state index contributed by atoms with van der Waals surface area (Å²) in [7, 11) is 0. The van der Waals surface area contributed by atoms with Crippen LogP contribution < -0.4 is 11.1 Å². The smallest absolute Gasteiger partial charge is 0.226 e. The number of carbonyl (C=O) groups is 1. The summed E-state index contributed by atoms with van der Waals surface area (Å²) in [5.41, 5.74) is 5.16. The Bertz CT molecular complexity index is 318. The predicted molar refractivity (Wildman–Crippen MR) is 79.4 cm³/mol. The largest absolute Gasteiger partial charge is 0.391 e. The van der Waals surface area contributed by atoms with Gasteiger partial charge in [-0.3, -0.25) is 4.79 Å². The van der Waals surface area contributed by atoms with Crippen LogP contribution in [0.2, 0.25) is 0 Å². The van der Waals surface area contributed by atoms with Crippen LogP contribution in [0.4, 0.5) is 0 Å².